The van der Waals surface area contributed by atoms with Crippen LogP contribution in [0.5, 0.6) is 0 Å². The summed E-state index contributed by atoms with van der Waals surface area (Å²) >= 11 is 0. The first-order valence-corrected chi connectivity index (χ1v) is 8.26. The highest BCUT2D eigenvalue weighted by Gasteiger charge is 2.34. The van der Waals surface area contributed by atoms with Crippen molar-refractivity contribution >= 4 is 5.91 Å². The van der Waals surface area contributed by atoms with Crippen molar-refractivity contribution in [2.75, 3.05) is 27.2 Å². The average Bonchev–Trinajstić information content (AvgIpc) is 3.05. The molecule has 0 bridgehead atoms. The van der Waals surface area contributed by atoms with Gasteiger partial charge in [-0.15, -0.1) is 0 Å². The van der Waals surface area contributed by atoms with Gasteiger partial charge >= 0.3 is 0 Å². The van der Waals surface area contributed by atoms with E-state index in [1.165, 1.54) is 12.1 Å². The molecule has 2 atom stereocenters. The van der Waals surface area contributed by atoms with Gasteiger partial charge in [-0.1, -0.05) is 12.1 Å². The topological polar surface area (TPSA) is 47.6 Å². The SMILES string of the molecule is CN(C)C1CCN(C(=O)C2CC(c3ccc(F)cc3)NN2)CC1. The van der Waals surface area contributed by atoms with Gasteiger partial charge in [0.25, 0.3) is 0 Å². The second-order valence-corrected chi connectivity index (χ2v) is 6.70. The largest absolute Gasteiger partial charge is 0.341 e. The van der Waals surface area contributed by atoms with Crippen LogP contribution in [-0.4, -0.2) is 55.0 Å². The number of benzene rings is 1. The first kappa shape index (κ1) is 16.4. The molecule has 2 saturated heterocycles. The highest BCUT2D eigenvalue weighted by Crippen LogP contribution is 2.24. The number of hydrazine groups is 1. The van der Waals surface area contributed by atoms with E-state index in [0.29, 0.717) is 12.5 Å². The van der Waals surface area contributed by atoms with E-state index in [1.54, 1.807) is 12.1 Å². The summed E-state index contributed by atoms with van der Waals surface area (Å²) in [5.41, 5.74) is 7.27. The summed E-state index contributed by atoms with van der Waals surface area (Å²) < 4.78 is 13.0. The standard InChI is InChI=1S/C17H25FN4O/c1-21(2)14-7-9-22(10-8-14)17(23)16-11-15(19-20-16)12-3-5-13(18)6-4-12/h3-6,14-16,19-20H,7-11H2,1-2H3. The van der Waals surface area contributed by atoms with Gasteiger partial charge in [0.15, 0.2) is 0 Å². The number of hydrogen-bond donors (Lipinski definition) is 2. The minimum atomic E-state index is -0.240. The highest BCUT2D eigenvalue weighted by atomic mass is 19.1. The van der Waals surface area contributed by atoms with E-state index in [9.17, 15) is 9.18 Å². The van der Waals surface area contributed by atoms with Gasteiger partial charge in [0, 0.05) is 25.2 Å². The molecule has 1 aromatic rings. The molecule has 6 heteroatoms. The molecule has 1 amide bonds. The molecule has 1 aromatic carbocycles. The van der Waals surface area contributed by atoms with Crippen molar-refractivity contribution in [3.05, 3.63) is 35.6 Å². The van der Waals surface area contributed by atoms with Crippen molar-refractivity contribution in [3.63, 3.8) is 0 Å². The van der Waals surface area contributed by atoms with Crippen LogP contribution in [-0.2, 0) is 4.79 Å². The summed E-state index contributed by atoms with van der Waals surface area (Å²) in [5, 5.41) is 0. The number of rotatable bonds is 3. The first-order chi connectivity index (χ1) is 11.0. The third kappa shape index (κ3) is 3.71. The molecule has 3 rings (SSSR count). The van der Waals surface area contributed by atoms with Gasteiger partial charge in [-0.25, -0.2) is 15.2 Å². The zero-order chi connectivity index (χ0) is 16.4. The van der Waals surface area contributed by atoms with Crippen LogP contribution >= 0.6 is 0 Å². The van der Waals surface area contributed by atoms with Gasteiger partial charge in [-0.3, -0.25) is 4.79 Å². The number of carbonyl (C=O) groups is 1. The molecule has 23 heavy (non-hydrogen) atoms. The Bertz CT molecular complexity index is 540. The van der Waals surface area contributed by atoms with E-state index in [2.05, 4.69) is 29.8 Å². The third-order valence-corrected chi connectivity index (χ3v) is 4.98. The average molecular weight is 320 g/mol. The monoisotopic (exact) mass is 320 g/mol. The molecule has 2 aliphatic heterocycles. The Labute approximate surface area is 136 Å². The third-order valence-electron chi connectivity index (χ3n) is 4.98. The van der Waals surface area contributed by atoms with E-state index in [4.69, 9.17) is 0 Å². The van der Waals surface area contributed by atoms with Crippen LogP contribution in [0.25, 0.3) is 0 Å². The fourth-order valence-electron chi connectivity index (χ4n) is 3.45. The maximum Gasteiger partial charge on any atom is 0.241 e. The normalized spacial score (nSPS) is 26.0. The number of amides is 1. The van der Waals surface area contributed by atoms with E-state index in [-0.39, 0.29) is 23.8 Å². The summed E-state index contributed by atoms with van der Waals surface area (Å²) in [6.07, 6.45) is 2.75. The Hall–Kier alpha value is -1.50. The molecule has 0 aromatic heterocycles. The molecule has 0 radical (unpaired) electrons. The summed E-state index contributed by atoms with van der Waals surface area (Å²) in [5.74, 6) is -0.0737. The first-order valence-electron chi connectivity index (χ1n) is 8.26. The molecule has 0 spiro atoms. The number of nitrogens with zero attached hydrogens (tertiary/aromatic N) is 2. The lowest BCUT2D eigenvalue weighted by atomic mass is 9.99. The highest BCUT2D eigenvalue weighted by molar-refractivity contribution is 5.82. The van der Waals surface area contributed by atoms with Gasteiger partial charge in [0.1, 0.15) is 11.9 Å². The molecular weight excluding hydrogens is 295 g/mol. The van der Waals surface area contributed by atoms with E-state index in [0.717, 1.165) is 31.5 Å². The second-order valence-electron chi connectivity index (χ2n) is 6.70. The minimum absolute atomic E-state index is 0.0452. The predicted octanol–water partition coefficient (Wildman–Crippen LogP) is 1.29. The molecule has 2 heterocycles. The van der Waals surface area contributed by atoms with Crippen LogP contribution in [0.1, 0.15) is 30.9 Å². The van der Waals surface area contributed by atoms with Crippen LogP contribution in [0.4, 0.5) is 4.39 Å². The molecule has 126 valence electrons. The summed E-state index contributed by atoms with van der Waals surface area (Å²) in [6.45, 7) is 1.64. The number of piperidine rings is 1. The number of hydrogen-bond acceptors (Lipinski definition) is 4. The molecule has 0 aliphatic carbocycles. The molecule has 2 N–H and O–H groups in total. The van der Waals surface area contributed by atoms with Gasteiger partial charge < -0.3 is 9.80 Å². The van der Waals surface area contributed by atoms with Gasteiger partial charge in [0.2, 0.25) is 5.91 Å². The van der Waals surface area contributed by atoms with E-state index in [1.807, 2.05) is 4.90 Å². The van der Waals surface area contributed by atoms with Crippen molar-refractivity contribution < 1.29 is 9.18 Å². The molecule has 2 aliphatic rings. The lowest BCUT2D eigenvalue weighted by Crippen LogP contribution is -2.50. The van der Waals surface area contributed by atoms with E-state index >= 15 is 0 Å². The van der Waals surface area contributed by atoms with Crippen LogP contribution in [0.3, 0.4) is 0 Å². The van der Waals surface area contributed by atoms with Crippen molar-refractivity contribution in [1.82, 2.24) is 20.7 Å². The number of halogens is 1. The van der Waals surface area contributed by atoms with Gasteiger partial charge in [-0.2, -0.15) is 0 Å². The quantitative estimate of drug-likeness (QED) is 0.881. The lowest BCUT2D eigenvalue weighted by molar-refractivity contribution is -0.134. The van der Waals surface area contributed by atoms with Crippen molar-refractivity contribution in [1.29, 1.82) is 0 Å². The number of nitrogens with one attached hydrogen (secondary N) is 2. The van der Waals surface area contributed by atoms with Crippen molar-refractivity contribution in [2.45, 2.75) is 37.4 Å². The van der Waals surface area contributed by atoms with Crippen LogP contribution in [0.15, 0.2) is 24.3 Å². The second kappa shape index (κ2) is 6.95. The van der Waals surface area contributed by atoms with Crippen LogP contribution < -0.4 is 10.9 Å². The number of likely N-dealkylation sites (tertiary alicyclic amines) is 1. The smallest absolute Gasteiger partial charge is 0.241 e. The zero-order valence-electron chi connectivity index (χ0n) is 13.8. The maximum atomic E-state index is 13.0. The lowest BCUT2D eigenvalue weighted by Gasteiger charge is -2.36. The maximum absolute atomic E-state index is 13.0. The predicted molar refractivity (Wildman–Crippen MR) is 87.1 cm³/mol. The van der Waals surface area contributed by atoms with Gasteiger partial charge in [-0.05, 0) is 51.1 Å². The molecule has 0 saturated carbocycles. The fraction of sp³-hybridized carbons (Fsp3) is 0.588. The minimum Gasteiger partial charge on any atom is -0.341 e. The molecule has 2 unspecified atom stereocenters. The fourth-order valence-corrected chi connectivity index (χ4v) is 3.45. The Balaban J connectivity index is 1.54. The molecular formula is C17H25FN4O. The van der Waals surface area contributed by atoms with Gasteiger partial charge in [0.05, 0.1) is 0 Å². The zero-order valence-corrected chi connectivity index (χ0v) is 13.8. The van der Waals surface area contributed by atoms with Crippen molar-refractivity contribution in [2.24, 2.45) is 0 Å². The summed E-state index contributed by atoms with van der Waals surface area (Å²) in [6, 6.07) is 6.86. The summed E-state index contributed by atoms with van der Waals surface area (Å²) in [4.78, 5) is 16.9. The summed E-state index contributed by atoms with van der Waals surface area (Å²) in [7, 11) is 4.19. The van der Waals surface area contributed by atoms with Crippen LogP contribution in [0.2, 0.25) is 0 Å². The molecule has 2 fully saturated rings. The Morgan fingerprint density at radius 1 is 1.17 bits per heavy atom. The number of carbonyl (C=O) groups excluding carboxylic acids is 1. The van der Waals surface area contributed by atoms with Crippen molar-refractivity contribution in [3.8, 4) is 0 Å². The van der Waals surface area contributed by atoms with Crippen LogP contribution in [0, 0.1) is 5.82 Å². The Morgan fingerprint density at radius 2 is 1.83 bits per heavy atom. The Morgan fingerprint density at radius 3 is 2.43 bits per heavy atom. The van der Waals surface area contributed by atoms with E-state index < -0.39 is 0 Å². The molecule has 5 nitrogen and oxygen atoms in total. The Kier molecular flexibility index (Phi) is 4.94.